The summed E-state index contributed by atoms with van der Waals surface area (Å²) in [5.41, 5.74) is 1.75. The predicted octanol–water partition coefficient (Wildman–Crippen LogP) is 3.18. The van der Waals surface area contributed by atoms with Crippen molar-refractivity contribution in [3.8, 4) is 0 Å². The summed E-state index contributed by atoms with van der Waals surface area (Å²) in [5, 5.41) is 3.97. The second kappa shape index (κ2) is 6.59. The molecule has 0 bridgehead atoms. The van der Waals surface area contributed by atoms with Gasteiger partial charge in [0.1, 0.15) is 0 Å². The maximum Gasteiger partial charge on any atom is 0.261 e. The Morgan fingerprint density at radius 1 is 1.25 bits per heavy atom. The van der Waals surface area contributed by atoms with Crippen LogP contribution in [0.25, 0.3) is 10.9 Å². The van der Waals surface area contributed by atoms with E-state index in [9.17, 15) is 9.59 Å². The van der Waals surface area contributed by atoms with Crippen molar-refractivity contribution < 1.29 is 4.79 Å². The highest BCUT2D eigenvalue weighted by molar-refractivity contribution is 7.71. The summed E-state index contributed by atoms with van der Waals surface area (Å²) in [6.45, 7) is 0.389. The van der Waals surface area contributed by atoms with Crippen molar-refractivity contribution in [3.63, 3.8) is 0 Å². The number of hydrogen-bond acceptors (Lipinski definition) is 3. The minimum absolute atomic E-state index is 0.193. The number of rotatable bonds is 3. The molecular weight excluding hydrogens is 346 g/mol. The Kier molecular flexibility index (Phi) is 4.51. The molecular formula is C17H14ClN3O2S. The number of benzene rings is 2. The first-order valence-electron chi connectivity index (χ1n) is 7.21. The highest BCUT2D eigenvalue weighted by Crippen LogP contribution is 2.12. The number of halogens is 1. The summed E-state index contributed by atoms with van der Waals surface area (Å²) < 4.78 is 1.67. The van der Waals surface area contributed by atoms with Gasteiger partial charge in [-0.25, -0.2) is 0 Å². The number of carbonyl (C=O) groups is 1. The van der Waals surface area contributed by atoms with E-state index in [1.807, 2.05) is 12.1 Å². The normalized spacial score (nSPS) is 10.8. The molecule has 3 aromatic rings. The van der Waals surface area contributed by atoms with E-state index in [1.165, 1.54) is 4.57 Å². The van der Waals surface area contributed by atoms with E-state index in [2.05, 4.69) is 10.3 Å². The van der Waals surface area contributed by atoms with Gasteiger partial charge >= 0.3 is 0 Å². The van der Waals surface area contributed by atoms with E-state index in [4.69, 9.17) is 23.8 Å². The Bertz CT molecular complexity index is 1040. The van der Waals surface area contributed by atoms with Crippen molar-refractivity contribution in [2.45, 2.75) is 6.54 Å². The van der Waals surface area contributed by atoms with Gasteiger partial charge in [-0.15, -0.1) is 0 Å². The number of nitrogens with zero attached hydrogens (tertiary/aromatic N) is 1. The van der Waals surface area contributed by atoms with Crippen molar-refractivity contribution in [1.29, 1.82) is 0 Å². The fourth-order valence-electron chi connectivity index (χ4n) is 2.33. The number of aromatic nitrogens is 2. The molecule has 1 heterocycles. The molecule has 7 heteroatoms. The van der Waals surface area contributed by atoms with Crippen molar-refractivity contribution >= 4 is 40.6 Å². The lowest BCUT2D eigenvalue weighted by atomic mass is 10.1. The number of fused-ring (bicyclic) bond motifs is 1. The summed E-state index contributed by atoms with van der Waals surface area (Å²) in [6, 6.07) is 12.1. The molecule has 1 amide bonds. The number of aromatic amines is 1. The van der Waals surface area contributed by atoms with Crippen LogP contribution in [0.5, 0.6) is 0 Å². The second-order valence-corrected chi connectivity index (χ2v) is 6.19. The Labute approximate surface area is 147 Å². The highest BCUT2D eigenvalue weighted by atomic mass is 35.5. The average molecular weight is 360 g/mol. The molecule has 0 aliphatic rings. The molecule has 0 unspecified atom stereocenters. The van der Waals surface area contributed by atoms with Crippen LogP contribution < -0.4 is 10.9 Å². The average Bonchev–Trinajstić information content (AvgIpc) is 2.58. The molecule has 0 aliphatic heterocycles. The van der Waals surface area contributed by atoms with E-state index in [0.29, 0.717) is 32.8 Å². The zero-order chi connectivity index (χ0) is 17.3. The van der Waals surface area contributed by atoms with Crippen LogP contribution >= 0.6 is 23.8 Å². The Balaban J connectivity index is 1.85. The van der Waals surface area contributed by atoms with E-state index < -0.39 is 0 Å². The maximum absolute atomic E-state index is 12.3. The van der Waals surface area contributed by atoms with Gasteiger partial charge in [-0.3, -0.25) is 14.2 Å². The van der Waals surface area contributed by atoms with Crippen molar-refractivity contribution in [1.82, 2.24) is 14.9 Å². The number of amides is 1. The summed E-state index contributed by atoms with van der Waals surface area (Å²) in [6.07, 6.45) is 0. The lowest BCUT2D eigenvalue weighted by Crippen LogP contribution is -2.23. The lowest BCUT2D eigenvalue weighted by molar-refractivity contribution is 0.0951. The molecule has 5 nitrogen and oxygen atoms in total. The molecule has 122 valence electrons. The summed E-state index contributed by atoms with van der Waals surface area (Å²) in [5.74, 6) is -0.230. The van der Waals surface area contributed by atoms with Crippen LogP contribution in [0.2, 0.25) is 5.02 Å². The van der Waals surface area contributed by atoms with Crippen LogP contribution in [0.15, 0.2) is 47.3 Å². The Morgan fingerprint density at radius 2 is 1.96 bits per heavy atom. The van der Waals surface area contributed by atoms with E-state index in [-0.39, 0.29) is 11.5 Å². The van der Waals surface area contributed by atoms with Crippen LogP contribution in [0.3, 0.4) is 0 Å². The lowest BCUT2D eigenvalue weighted by Gasteiger charge is -2.07. The molecule has 0 radical (unpaired) electrons. The van der Waals surface area contributed by atoms with E-state index >= 15 is 0 Å². The minimum atomic E-state index is -0.230. The van der Waals surface area contributed by atoms with Gasteiger partial charge in [0.05, 0.1) is 10.9 Å². The number of carbonyl (C=O) groups excluding carboxylic acids is 1. The van der Waals surface area contributed by atoms with Crippen molar-refractivity contribution in [2.24, 2.45) is 7.05 Å². The van der Waals surface area contributed by atoms with Gasteiger partial charge in [-0.2, -0.15) is 0 Å². The summed E-state index contributed by atoms with van der Waals surface area (Å²) in [4.78, 5) is 27.4. The zero-order valence-electron chi connectivity index (χ0n) is 12.8. The third-order valence-electron chi connectivity index (χ3n) is 3.73. The Morgan fingerprint density at radius 3 is 2.67 bits per heavy atom. The van der Waals surface area contributed by atoms with Crippen LogP contribution in [0, 0.1) is 4.77 Å². The molecule has 3 rings (SSSR count). The first-order valence-corrected chi connectivity index (χ1v) is 8.00. The number of H-pyrrole nitrogens is 1. The van der Waals surface area contributed by atoms with Gasteiger partial charge < -0.3 is 10.3 Å². The molecule has 0 spiro atoms. The van der Waals surface area contributed by atoms with Crippen LogP contribution in [0.4, 0.5) is 0 Å². The van der Waals surface area contributed by atoms with E-state index in [1.54, 1.807) is 37.4 Å². The zero-order valence-corrected chi connectivity index (χ0v) is 14.4. The first-order chi connectivity index (χ1) is 11.5. The largest absolute Gasteiger partial charge is 0.348 e. The van der Waals surface area contributed by atoms with Crippen molar-refractivity contribution in [2.75, 3.05) is 0 Å². The van der Waals surface area contributed by atoms with Crippen LogP contribution in [-0.2, 0) is 13.6 Å². The molecule has 1 aromatic heterocycles. The summed E-state index contributed by atoms with van der Waals surface area (Å²) >= 11 is 10.9. The van der Waals surface area contributed by atoms with Gasteiger partial charge in [0, 0.05) is 24.2 Å². The van der Waals surface area contributed by atoms with Gasteiger partial charge in [0.2, 0.25) is 0 Å². The fourth-order valence-corrected chi connectivity index (χ4v) is 2.65. The molecule has 2 aromatic carbocycles. The van der Waals surface area contributed by atoms with Crippen LogP contribution in [-0.4, -0.2) is 15.5 Å². The van der Waals surface area contributed by atoms with Gasteiger partial charge in [-0.1, -0.05) is 23.7 Å². The topological polar surface area (TPSA) is 66.9 Å². The number of nitrogens with one attached hydrogen (secondary N) is 2. The van der Waals surface area contributed by atoms with Gasteiger partial charge in [0.25, 0.3) is 11.5 Å². The van der Waals surface area contributed by atoms with Crippen molar-refractivity contribution in [3.05, 3.63) is 73.7 Å². The highest BCUT2D eigenvalue weighted by Gasteiger charge is 2.09. The van der Waals surface area contributed by atoms with Crippen LogP contribution in [0.1, 0.15) is 15.9 Å². The number of hydrogen-bond donors (Lipinski definition) is 2. The SMILES string of the molecule is Cn1c(=S)[nH]c2cc(C(=O)NCc3ccc(Cl)cc3)ccc2c1=O. The standard InChI is InChI=1S/C17H14ClN3O2S/c1-21-16(23)13-7-4-11(8-14(13)20-17(21)24)15(22)19-9-10-2-5-12(18)6-3-10/h2-8H,9H2,1H3,(H,19,22)(H,20,24). The molecule has 0 fully saturated rings. The van der Waals surface area contributed by atoms with E-state index in [0.717, 1.165) is 5.56 Å². The smallest absolute Gasteiger partial charge is 0.261 e. The van der Waals surface area contributed by atoms with Gasteiger partial charge in [-0.05, 0) is 48.1 Å². The molecule has 0 saturated heterocycles. The summed E-state index contributed by atoms with van der Waals surface area (Å²) in [7, 11) is 1.60. The maximum atomic E-state index is 12.3. The molecule has 0 aliphatic carbocycles. The monoisotopic (exact) mass is 359 g/mol. The quantitative estimate of drug-likeness (QED) is 0.706. The third kappa shape index (κ3) is 3.25. The molecule has 0 atom stereocenters. The fraction of sp³-hybridized carbons (Fsp3) is 0.118. The molecule has 0 saturated carbocycles. The Hall–Kier alpha value is -2.44. The minimum Gasteiger partial charge on any atom is -0.348 e. The molecule has 24 heavy (non-hydrogen) atoms. The van der Waals surface area contributed by atoms with Gasteiger partial charge in [0.15, 0.2) is 4.77 Å². The molecule has 2 N–H and O–H groups in total. The predicted molar refractivity (Wildman–Crippen MR) is 97.0 cm³/mol. The second-order valence-electron chi connectivity index (χ2n) is 5.36. The first kappa shape index (κ1) is 16.4. The third-order valence-corrected chi connectivity index (χ3v) is 4.36.